The SMILES string of the molecule is CCNC(=NCc1cccc(CN2CCOCC2)c1)NCCc1c[nH]c2ccccc12.I. The van der Waals surface area contributed by atoms with Crippen LogP contribution in [0, 0.1) is 0 Å². The first-order chi connectivity index (χ1) is 15.3. The second kappa shape index (κ2) is 12.8. The van der Waals surface area contributed by atoms with Crippen LogP contribution in [0.4, 0.5) is 0 Å². The summed E-state index contributed by atoms with van der Waals surface area (Å²) in [5.74, 6) is 0.862. The zero-order valence-electron chi connectivity index (χ0n) is 18.8. The van der Waals surface area contributed by atoms with Gasteiger partial charge in [0, 0.05) is 49.8 Å². The summed E-state index contributed by atoms with van der Waals surface area (Å²) in [5, 5.41) is 8.13. The Morgan fingerprint density at radius 1 is 1.06 bits per heavy atom. The average molecular weight is 547 g/mol. The van der Waals surface area contributed by atoms with Crippen molar-refractivity contribution in [2.24, 2.45) is 4.99 Å². The van der Waals surface area contributed by atoms with Gasteiger partial charge in [0.15, 0.2) is 5.96 Å². The Morgan fingerprint density at radius 3 is 2.72 bits per heavy atom. The van der Waals surface area contributed by atoms with Crippen LogP contribution in [0.15, 0.2) is 59.7 Å². The Bertz CT molecular complexity index is 997. The van der Waals surface area contributed by atoms with Gasteiger partial charge in [-0.3, -0.25) is 4.90 Å². The molecule has 0 amide bonds. The number of nitrogens with zero attached hydrogens (tertiary/aromatic N) is 2. The van der Waals surface area contributed by atoms with Crippen LogP contribution in [0.25, 0.3) is 10.9 Å². The van der Waals surface area contributed by atoms with Crippen LogP contribution in [0.2, 0.25) is 0 Å². The van der Waals surface area contributed by atoms with Gasteiger partial charge in [0.25, 0.3) is 0 Å². The predicted octanol–water partition coefficient (Wildman–Crippen LogP) is 3.92. The molecule has 4 rings (SSSR count). The molecule has 6 nitrogen and oxygen atoms in total. The van der Waals surface area contributed by atoms with Gasteiger partial charge in [-0.15, -0.1) is 24.0 Å². The number of aromatic amines is 1. The zero-order chi connectivity index (χ0) is 21.3. The number of rotatable bonds is 8. The summed E-state index contributed by atoms with van der Waals surface area (Å²) in [7, 11) is 0. The first-order valence-corrected chi connectivity index (χ1v) is 11.3. The molecule has 2 aromatic carbocycles. The zero-order valence-corrected chi connectivity index (χ0v) is 21.1. The molecular weight excluding hydrogens is 513 g/mol. The highest BCUT2D eigenvalue weighted by molar-refractivity contribution is 14.0. The third-order valence-corrected chi connectivity index (χ3v) is 5.63. The van der Waals surface area contributed by atoms with E-state index in [0.717, 1.165) is 58.3 Å². The minimum Gasteiger partial charge on any atom is -0.379 e. The average Bonchev–Trinajstić information content (AvgIpc) is 3.22. The number of ether oxygens (including phenoxy) is 1. The van der Waals surface area contributed by atoms with Gasteiger partial charge in [0.05, 0.1) is 19.8 Å². The Balaban J connectivity index is 0.00000289. The maximum absolute atomic E-state index is 5.45. The normalized spacial score (nSPS) is 14.8. The van der Waals surface area contributed by atoms with Gasteiger partial charge in [-0.25, -0.2) is 4.99 Å². The molecule has 1 aliphatic rings. The van der Waals surface area contributed by atoms with Crippen LogP contribution in [-0.2, 0) is 24.2 Å². The molecule has 32 heavy (non-hydrogen) atoms. The maximum atomic E-state index is 5.45. The van der Waals surface area contributed by atoms with E-state index < -0.39 is 0 Å². The van der Waals surface area contributed by atoms with Crippen molar-refractivity contribution < 1.29 is 4.74 Å². The number of nitrogens with one attached hydrogen (secondary N) is 3. The van der Waals surface area contributed by atoms with Crippen LogP contribution in [0.5, 0.6) is 0 Å². The van der Waals surface area contributed by atoms with Crippen LogP contribution in [0.1, 0.15) is 23.6 Å². The summed E-state index contributed by atoms with van der Waals surface area (Å²) in [4.78, 5) is 10.6. The van der Waals surface area contributed by atoms with E-state index in [0.29, 0.717) is 6.54 Å². The number of morpholine rings is 1. The Hall–Kier alpha value is -2.10. The number of hydrogen-bond donors (Lipinski definition) is 3. The fourth-order valence-corrected chi connectivity index (χ4v) is 4.01. The second-order valence-corrected chi connectivity index (χ2v) is 7.94. The fourth-order valence-electron chi connectivity index (χ4n) is 4.01. The van der Waals surface area contributed by atoms with E-state index in [1.165, 1.54) is 27.6 Å². The summed E-state index contributed by atoms with van der Waals surface area (Å²) >= 11 is 0. The molecule has 2 heterocycles. The minimum absolute atomic E-state index is 0. The molecule has 1 saturated heterocycles. The van der Waals surface area contributed by atoms with E-state index in [9.17, 15) is 0 Å². The molecule has 0 atom stereocenters. The molecule has 1 aromatic heterocycles. The molecule has 172 valence electrons. The van der Waals surface area contributed by atoms with Gasteiger partial charge in [0.1, 0.15) is 0 Å². The van der Waals surface area contributed by atoms with E-state index in [1.54, 1.807) is 0 Å². The highest BCUT2D eigenvalue weighted by atomic mass is 127. The van der Waals surface area contributed by atoms with Crippen molar-refractivity contribution in [2.45, 2.75) is 26.4 Å². The Labute approximate surface area is 207 Å². The standard InChI is InChI=1S/C25H33N5O.HI/c1-2-26-25(27-11-10-22-18-28-24-9-4-3-8-23(22)24)29-17-20-6-5-7-21(16-20)19-30-12-14-31-15-13-30;/h3-9,16,18,28H,2,10-15,17,19H2,1H3,(H2,26,27,29);1H. The predicted molar refractivity (Wildman–Crippen MR) is 143 cm³/mol. The molecule has 0 aliphatic carbocycles. The molecule has 0 saturated carbocycles. The number of para-hydroxylation sites is 1. The van der Waals surface area contributed by atoms with Crippen molar-refractivity contribution in [2.75, 3.05) is 39.4 Å². The summed E-state index contributed by atoms with van der Waals surface area (Å²) in [6.45, 7) is 9.10. The number of halogens is 1. The molecule has 0 radical (unpaired) electrons. The summed E-state index contributed by atoms with van der Waals surface area (Å²) in [6.07, 6.45) is 3.06. The Morgan fingerprint density at radius 2 is 1.88 bits per heavy atom. The lowest BCUT2D eigenvalue weighted by molar-refractivity contribution is 0.0342. The van der Waals surface area contributed by atoms with Gasteiger partial charge in [-0.05, 0) is 36.1 Å². The maximum Gasteiger partial charge on any atom is 0.191 e. The van der Waals surface area contributed by atoms with Crippen LogP contribution < -0.4 is 10.6 Å². The number of benzene rings is 2. The van der Waals surface area contributed by atoms with Crippen molar-refractivity contribution in [1.82, 2.24) is 20.5 Å². The number of H-pyrrole nitrogens is 1. The second-order valence-electron chi connectivity index (χ2n) is 7.94. The molecular formula is C25H34IN5O. The largest absolute Gasteiger partial charge is 0.379 e. The lowest BCUT2D eigenvalue weighted by Gasteiger charge is -2.26. The van der Waals surface area contributed by atoms with Crippen molar-refractivity contribution >= 4 is 40.8 Å². The molecule has 0 bridgehead atoms. The van der Waals surface area contributed by atoms with Gasteiger partial charge in [-0.1, -0.05) is 42.5 Å². The third kappa shape index (κ3) is 6.95. The van der Waals surface area contributed by atoms with Crippen LogP contribution in [-0.4, -0.2) is 55.2 Å². The smallest absolute Gasteiger partial charge is 0.191 e. The van der Waals surface area contributed by atoms with E-state index in [1.807, 2.05) is 0 Å². The van der Waals surface area contributed by atoms with E-state index in [-0.39, 0.29) is 24.0 Å². The summed E-state index contributed by atoms with van der Waals surface area (Å²) in [5.41, 5.74) is 5.09. The van der Waals surface area contributed by atoms with E-state index in [4.69, 9.17) is 9.73 Å². The number of fused-ring (bicyclic) bond motifs is 1. The molecule has 3 aromatic rings. The van der Waals surface area contributed by atoms with Gasteiger partial charge < -0.3 is 20.4 Å². The lowest BCUT2D eigenvalue weighted by Crippen LogP contribution is -2.38. The molecule has 3 N–H and O–H groups in total. The number of hydrogen-bond acceptors (Lipinski definition) is 3. The number of guanidine groups is 1. The number of aliphatic imine (C=N–C) groups is 1. The lowest BCUT2D eigenvalue weighted by atomic mass is 10.1. The van der Waals surface area contributed by atoms with Crippen molar-refractivity contribution in [1.29, 1.82) is 0 Å². The minimum atomic E-state index is 0. The van der Waals surface area contributed by atoms with Gasteiger partial charge in [0.2, 0.25) is 0 Å². The summed E-state index contributed by atoms with van der Waals surface area (Å²) < 4.78 is 5.45. The molecule has 1 aliphatic heterocycles. The van der Waals surface area contributed by atoms with Crippen molar-refractivity contribution in [3.63, 3.8) is 0 Å². The third-order valence-electron chi connectivity index (χ3n) is 5.63. The molecule has 0 spiro atoms. The monoisotopic (exact) mass is 547 g/mol. The van der Waals surface area contributed by atoms with E-state index >= 15 is 0 Å². The highest BCUT2D eigenvalue weighted by Gasteiger charge is 2.10. The van der Waals surface area contributed by atoms with Crippen LogP contribution >= 0.6 is 24.0 Å². The van der Waals surface area contributed by atoms with Crippen molar-refractivity contribution in [3.05, 3.63) is 71.4 Å². The molecule has 1 fully saturated rings. The number of aromatic nitrogens is 1. The highest BCUT2D eigenvalue weighted by Crippen LogP contribution is 2.17. The van der Waals surface area contributed by atoms with Crippen LogP contribution in [0.3, 0.4) is 0 Å². The van der Waals surface area contributed by atoms with Crippen molar-refractivity contribution in [3.8, 4) is 0 Å². The quantitative estimate of drug-likeness (QED) is 0.227. The topological polar surface area (TPSA) is 64.7 Å². The molecule has 0 unspecified atom stereocenters. The van der Waals surface area contributed by atoms with E-state index in [2.05, 4.69) is 82.2 Å². The fraction of sp³-hybridized carbons (Fsp3) is 0.400. The first-order valence-electron chi connectivity index (χ1n) is 11.3. The first kappa shape index (κ1) is 24.5. The van der Waals surface area contributed by atoms with Gasteiger partial charge in [-0.2, -0.15) is 0 Å². The molecule has 7 heteroatoms. The van der Waals surface area contributed by atoms with Gasteiger partial charge >= 0.3 is 0 Å². The summed E-state index contributed by atoms with van der Waals surface area (Å²) in [6, 6.07) is 17.2. The Kier molecular flexibility index (Phi) is 9.83.